The molecule has 0 saturated carbocycles. The number of methoxy groups -OCH3 is 2. The van der Waals surface area contributed by atoms with Crippen molar-refractivity contribution in [3.05, 3.63) is 47.0 Å². The molecule has 3 nitrogen and oxygen atoms in total. The van der Waals surface area contributed by atoms with E-state index in [0.29, 0.717) is 11.3 Å². The van der Waals surface area contributed by atoms with E-state index in [1.165, 1.54) is 0 Å². The van der Waals surface area contributed by atoms with E-state index in [9.17, 15) is 4.79 Å². The summed E-state index contributed by atoms with van der Waals surface area (Å²) in [5, 5.41) is 0. The molecule has 0 aliphatic heterocycles. The normalized spacial score (nSPS) is 10.2. The SMILES string of the molecule is COc1ccc(-c2ccc(C)c(C)c2OC)c(C=O)c1. The van der Waals surface area contributed by atoms with E-state index in [4.69, 9.17) is 9.47 Å². The van der Waals surface area contributed by atoms with Crippen molar-refractivity contribution < 1.29 is 14.3 Å². The molecule has 2 aromatic carbocycles. The summed E-state index contributed by atoms with van der Waals surface area (Å²) < 4.78 is 10.7. The molecule has 0 aliphatic carbocycles. The van der Waals surface area contributed by atoms with E-state index < -0.39 is 0 Å². The van der Waals surface area contributed by atoms with Gasteiger partial charge in [-0.05, 0) is 48.7 Å². The fourth-order valence-corrected chi connectivity index (χ4v) is 2.28. The van der Waals surface area contributed by atoms with Crippen LogP contribution in [-0.4, -0.2) is 20.5 Å². The smallest absolute Gasteiger partial charge is 0.150 e. The second kappa shape index (κ2) is 5.78. The molecule has 0 bridgehead atoms. The van der Waals surface area contributed by atoms with Crippen molar-refractivity contribution in [3.8, 4) is 22.6 Å². The van der Waals surface area contributed by atoms with Gasteiger partial charge in [0.2, 0.25) is 0 Å². The summed E-state index contributed by atoms with van der Waals surface area (Å²) in [4.78, 5) is 11.3. The minimum atomic E-state index is 0.589. The molecule has 2 aromatic rings. The van der Waals surface area contributed by atoms with Gasteiger partial charge in [-0.2, -0.15) is 0 Å². The zero-order valence-electron chi connectivity index (χ0n) is 12.2. The molecule has 0 aliphatic rings. The van der Waals surface area contributed by atoms with Gasteiger partial charge in [-0.1, -0.05) is 12.1 Å². The molecular formula is C17H18O3. The second-order valence-electron chi connectivity index (χ2n) is 4.66. The lowest BCUT2D eigenvalue weighted by Gasteiger charge is -2.15. The minimum absolute atomic E-state index is 0.589. The van der Waals surface area contributed by atoms with Crippen molar-refractivity contribution in [2.24, 2.45) is 0 Å². The molecule has 0 atom stereocenters. The highest BCUT2D eigenvalue weighted by Crippen LogP contribution is 2.36. The number of hydrogen-bond donors (Lipinski definition) is 0. The Morgan fingerprint density at radius 3 is 2.25 bits per heavy atom. The lowest BCUT2D eigenvalue weighted by atomic mass is 9.95. The average molecular weight is 270 g/mol. The number of aryl methyl sites for hydroxylation is 1. The van der Waals surface area contributed by atoms with E-state index in [2.05, 4.69) is 0 Å². The van der Waals surface area contributed by atoms with Crippen molar-refractivity contribution in [2.45, 2.75) is 13.8 Å². The lowest BCUT2D eigenvalue weighted by molar-refractivity contribution is 0.112. The molecule has 0 spiro atoms. The van der Waals surface area contributed by atoms with E-state index in [1.54, 1.807) is 20.3 Å². The number of aldehydes is 1. The first-order chi connectivity index (χ1) is 9.62. The molecule has 0 aromatic heterocycles. The quantitative estimate of drug-likeness (QED) is 0.793. The Kier molecular flexibility index (Phi) is 4.08. The van der Waals surface area contributed by atoms with Crippen LogP contribution in [0.5, 0.6) is 11.5 Å². The monoisotopic (exact) mass is 270 g/mol. The van der Waals surface area contributed by atoms with Gasteiger partial charge in [-0.3, -0.25) is 4.79 Å². The largest absolute Gasteiger partial charge is 0.497 e. The zero-order valence-corrected chi connectivity index (χ0v) is 12.2. The Hall–Kier alpha value is -2.29. The predicted molar refractivity (Wildman–Crippen MR) is 79.8 cm³/mol. The maximum absolute atomic E-state index is 11.3. The number of hydrogen-bond acceptors (Lipinski definition) is 3. The number of carbonyl (C=O) groups excluding carboxylic acids is 1. The number of rotatable bonds is 4. The molecule has 104 valence electrons. The van der Waals surface area contributed by atoms with Gasteiger partial charge in [0.25, 0.3) is 0 Å². The minimum Gasteiger partial charge on any atom is -0.497 e. The zero-order chi connectivity index (χ0) is 14.7. The number of benzene rings is 2. The molecule has 0 radical (unpaired) electrons. The fraction of sp³-hybridized carbons (Fsp3) is 0.235. The van der Waals surface area contributed by atoms with Crippen LogP contribution in [0, 0.1) is 13.8 Å². The van der Waals surface area contributed by atoms with Crippen LogP contribution in [0.3, 0.4) is 0 Å². The van der Waals surface area contributed by atoms with Crippen LogP contribution >= 0.6 is 0 Å². The van der Waals surface area contributed by atoms with Gasteiger partial charge in [0, 0.05) is 11.1 Å². The van der Waals surface area contributed by atoms with Gasteiger partial charge < -0.3 is 9.47 Å². The Morgan fingerprint density at radius 1 is 0.950 bits per heavy atom. The molecule has 0 fully saturated rings. The van der Waals surface area contributed by atoms with Gasteiger partial charge in [-0.15, -0.1) is 0 Å². The maximum Gasteiger partial charge on any atom is 0.150 e. The van der Waals surface area contributed by atoms with Crippen LogP contribution in [0.15, 0.2) is 30.3 Å². The van der Waals surface area contributed by atoms with Crippen LogP contribution < -0.4 is 9.47 Å². The van der Waals surface area contributed by atoms with E-state index in [-0.39, 0.29) is 0 Å². The summed E-state index contributed by atoms with van der Waals surface area (Å²) in [6, 6.07) is 9.48. The molecule has 0 saturated heterocycles. The van der Waals surface area contributed by atoms with Crippen LogP contribution in [0.25, 0.3) is 11.1 Å². The summed E-state index contributed by atoms with van der Waals surface area (Å²) in [6.45, 7) is 4.05. The summed E-state index contributed by atoms with van der Waals surface area (Å²) >= 11 is 0. The molecule has 0 heterocycles. The Balaban J connectivity index is 2.68. The third-order valence-electron chi connectivity index (χ3n) is 3.56. The van der Waals surface area contributed by atoms with Gasteiger partial charge in [-0.25, -0.2) is 0 Å². The van der Waals surface area contributed by atoms with Crippen LogP contribution in [0.4, 0.5) is 0 Å². The summed E-state index contributed by atoms with van der Waals surface area (Å²) in [6.07, 6.45) is 0.840. The fourth-order valence-electron chi connectivity index (χ4n) is 2.28. The topological polar surface area (TPSA) is 35.5 Å². The number of carbonyl (C=O) groups is 1. The molecular weight excluding hydrogens is 252 g/mol. The predicted octanol–water partition coefficient (Wildman–Crippen LogP) is 3.80. The van der Waals surface area contributed by atoms with E-state index in [1.807, 2.05) is 38.1 Å². The standard InChI is InChI=1S/C17H18O3/c1-11-5-7-16(17(20-4)12(11)2)15-8-6-14(19-3)9-13(15)10-18/h5-10H,1-4H3. The Morgan fingerprint density at radius 2 is 1.65 bits per heavy atom. The second-order valence-corrected chi connectivity index (χ2v) is 4.66. The van der Waals surface area contributed by atoms with Gasteiger partial charge in [0.1, 0.15) is 11.5 Å². The number of ether oxygens (including phenoxy) is 2. The third-order valence-corrected chi connectivity index (χ3v) is 3.56. The van der Waals surface area contributed by atoms with Crippen LogP contribution in [0.2, 0.25) is 0 Å². The summed E-state index contributed by atoms with van der Waals surface area (Å²) in [5.41, 5.74) is 4.59. The highest BCUT2D eigenvalue weighted by atomic mass is 16.5. The molecule has 20 heavy (non-hydrogen) atoms. The Bertz CT molecular complexity index is 645. The van der Waals surface area contributed by atoms with Crippen LogP contribution in [-0.2, 0) is 0 Å². The first kappa shape index (κ1) is 14.1. The molecule has 2 rings (SSSR count). The molecule has 3 heteroatoms. The summed E-state index contributed by atoms with van der Waals surface area (Å²) in [5.74, 6) is 1.47. The van der Waals surface area contributed by atoms with Crippen molar-refractivity contribution >= 4 is 6.29 Å². The maximum atomic E-state index is 11.3. The third kappa shape index (κ3) is 2.39. The van der Waals surface area contributed by atoms with Crippen LogP contribution in [0.1, 0.15) is 21.5 Å². The van der Waals surface area contributed by atoms with Gasteiger partial charge in [0.05, 0.1) is 14.2 Å². The average Bonchev–Trinajstić information content (AvgIpc) is 2.49. The van der Waals surface area contributed by atoms with Gasteiger partial charge in [0.15, 0.2) is 6.29 Å². The van der Waals surface area contributed by atoms with Crippen molar-refractivity contribution in [3.63, 3.8) is 0 Å². The van der Waals surface area contributed by atoms with Gasteiger partial charge >= 0.3 is 0 Å². The van der Waals surface area contributed by atoms with Crippen molar-refractivity contribution in [2.75, 3.05) is 14.2 Å². The highest BCUT2D eigenvalue weighted by molar-refractivity contribution is 5.90. The first-order valence-electron chi connectivity index (χ1n) is 6.40. The lowest BCUT2D eigenvalue weighted by Crippen LogP contribution is -1.96. The van der Waals surface area contributed by atoms with E-state index >= 15 is 0 Å². The van der Waals surface area contributed by atoms with Crippen molar-refractivity contribution in [1.29, 1.82) is 0 Å². The molecule has 0 unspecified atom stereocenters. The first-order valence-corrected chi connectivity index (χ1v) is 6.40. The Labute approximate surface area is 119 Å². The highest BCUT2D eigenvalue weighted by Gasteiger charge is 2.14. The molecule has 0 amide bonds. The summed E-state index contributed by atoms with van der Waals surface area (Å²) in [7, 11) is 3.23. The molecule has 0 N–H and O–H groups in total. The van der Waals surface area contributed by atoms with Crippen molar-refractivity contribution in [1.82, 2.24) is 0 Å². The van der Waals surface area contributed by atoms with E-state index in [0.717, 1.165) is 34.3 Å².